The van der Waals surface area contributed by atoms with Crippen molar-refractivity contribution in [2.24, 2.45) is 5.92 Å². The van der Waals surface area contributed by atoms with Gasteiger partial charge in [0.05, 0.1) is 5.92 Å². The topological polar surface area (TPSA) is 53.2 Å². The molecule has 3 N–H and O–H groups in total. The minimum atomic E-state index is -0.0712. The van der Waals surface area contributed by atoms with Crippen LogP contribution < -0.4 is 16.0 Å². The maximum absolute atomic E-state index is 12.9. The standard InChI is InChI=1S/C23H23N3O.ClH/c27-23(22-16-24-15-21(22)17-8-3-1-4-9-17)26-20-13-7-12-19(14-20)25-18-10-5-2-6-11-18;/h1-14,21-22,24-25H,15-16H2,(H,26,27);1H. The smallest absolute Gasteiger partial charge is 0.229 e. The Hall–Kier alpha value is -2.82. The number of amides is 1. The van der Waals surface area contributed by atoms with Gasteiger partial charge in [0.2, 0.25) is 5.91 Å². The van der Waals surface area contributed by atoms with Crippen molar-refractivity contribution in [2.75, 3.05) is 23.7 Å². The average molecular weight is 394 g/mol. The fraction of sp³-hybridized carbons (Fsp3) is 0.174. The van der Waals surface area contributed by atoms with Crippen LogP contribution in [0.25, 0.3) is 0 Å². The van der Waals surface area contributed by atoms with Gasteiger partial charge in [-0.05, 0) is 35.9 Å². The zero-order valence-electron chi connectivity index (χ0n) is 15.5. The molecule has 144 valence electrons. The number of hydrogen-bond donors (Lipinski definition) is 3. The van der Waals surface area contributed by atoms with Crippen molar-refractivity contribution < 1.29 is 4.79 Å². The maximum Gasteiger partial charge on any atom is 0.229 e. The molecule has 0 saturated carbocycles. The molecule has 2 atom stereocenters. The number of benzene rings is 3. The molecule has 5 heteroatoms. The van der Waals surface area contributed by atoms with Crippen molar-refractivity contribution in [1.29, 1.82) is 0 Å². The largest absolute Gasteiger partial charge is 0.355 e. The summed E-state index contributed by atoms with van der Waals surface area (Å²) in [5.74, 6) is 0.195. The van der Waals surface area contributed by atoms with Gasteiger partial charge in [-0.15, -0.1) is 12.4 Å². The lowest BCUT2D eigenvalue weighted by Crippen LogP contribution is -2.28. The summed E-state index contributed by atoms with van der Waals surface area (Å²) in [6, 6.07) is 28.1. The summed E-state index contributed by atoms with van der Waals surface area (Å²) < 4.78 is 0. The van der Waals surface area contributed by atoms with E-state index in [-0.39, 0.29) is 30.2 Å². The number of halogens is 1. The highest BCUT2D eigenvalue weighted by Crippen LogP contribution is 2.29. The van der Waals surface area contributed by atoms with Gasteiger partial charge in [0.25, 0.3) is 0 Å². The van der Waals surface area contributed by atoms with Crippen LogP contribution in [0.5, 0.6) is 0 Å². The lowest BCUT2D eigenvalue weighted by atomic mass is 9.88. The average Bonchev–Trinajstić information content (AvgIpc) is 3.20. The molecule has 1 amide bonds. The van der Waals surface area contributed by atoms with Crippen LogP contribution in [0.1, 0.15) is 11.5 Å². The first kappa shape index (κ1) is 19.9. The number of para-hydroxylation sites is 1. The lowest BCUT2D eigenvalue weighted by molar-refractivity contribution is -0.119. The van der Waals surface area contributed by atoms with Gasteiger partial charge in [-0.25, -0.2) is 0 Å². The fourth-order valence-electron chi connectivity index (χ4n) is 3.60. The zero-order valence-corrected chi connectivity index (χ0v) is 16.3. The molecule has 0 aliphatic carbocycles. The highest BCUT2D eigenvalue weighted by Gasteiger charge is 2.33. The predicted molar refractivity (Wildman–Crippen MR) is 118 cm³/mol. The minimum Gasteiger partial charge on any atom is -0.355 e. The number of anilines is 3. The van der Waals surface area contributed by atoms with Gasteiger partial charge in [-0.3, -0.25) is 4.79 Å². The summed E-state index contributed by atoms with van der Waals surface area (Å²) in [4.78, 5) is 12.9. The molecule has 0 bridgehead atoms. The molecule has 0 radical (unpaired) electrons. The Balaban J connectivity index is 0.00000225. The molecule has 2 unspecified atom stereocenters. The molecule has 4 rings (SSSR count). The molecule has 1 saturated heterocycles. The van der Waals surface area contributed by atoms with E-state index in [9.17, 15) is 4.79 Å². The number of nitrogens with one attached hydrogen (secondary N) is 3. The quantitative estimate of drug-likeness (QED) is 0.584. The van der Waals surface area contributed by atoms with E-state index in [0.717, 1.165) is 23.6 Å². The van der Waals surface area contributed by atoms with Crippen molar-refractivity contribution in [3.8, 4) is 0 Å². The normalized spacial score (nSPS) is 18.1. The molecular formula is C23H24ClN3O. The number of rotatable bonds is 5. The van der Waals surface area contributed by atoms with E-state index in [1.54, 1.807) is 0 Å². The fourth-order valence-corrected chi connectivity index (χ4v) is 3.60. The van der Waals surface area contributed by atoms with Gasteiger partial charge < -0.3 is 16.0 Å². The molecule has 1 aliphatic rings. The highest BCUT2D eigenvalue weighted by molar-refractivity contribution is 5.94. The first-order valence-corrected chi connectivity index (χ1v) is 9.28. The third kappa shape index (κ3) is 4.71. The Morgan fingerprint density at radius 1 is 0.786 bits per heavy atom. The summed E-state index contributed by atoms with van der Waals surface area (Å²) in [5, 5.41) is 9.81. The SMILES string of the molecule is Cl.O=C(Nc1cccc(Nc2ccccc2)c1)C1CNCC1c1ccccc1. The van der Waals surface area contributed by atoms with Crippen LogP contribution in [0.15, 0.2) is 84.9 Å². The highest BCUT2D eigenvalue weighted by atomic mass is 35.5. The lowest BCUT2D eigenvalue weighted by Gasteiger charge is -2.19. The molecule has 1 aliphatic heterocycles. The Kier molecular flexibility index (Phi) is 6.69. The predicted octanol–water partition coefficient (Wildman–Crippen LogP) is 4.79. The van der Waals surface area contributed by atoms with E-state index in [1.807, 2.05) is 72.8 Å². The van der Waals surface area contributed by atoms with E-state index in [4.69, 9.17) is 0 Å². The molecule has 0 spiro atoms. The zero-order chi connectivity index (χ0) is 18.5. The molecule has 1 fully saturated rings. The van der Waals surface area contributed by atoms with Gasteiger partial charge in [0, 0.05) is 36.1 Å². The van der Waals surface area contributed by atoms with Crippen LogP contribution >= 0.6 is 12.4 Å². The Labute approximate surface area is 171 Å². The monoisotopic (exact) mass is 393 g/mol. The van der Waals surface area contributed by atoms with Gasteiger partial charge >= 0.3 is 0 Å². The van der Waals surface area contributed by atoms with Gasteiger partial charge in [0.1, 0.15) is 0 Å². The van der Waals surface area contributed by atoms with Crippen LogP contribution in [-0.4, -0.2) is 19.0 Å². The summed E-state index contributed by atoms with van der Waals surface area (Å²) in [5.41, 5.74) is 3.98. The first-order chi connectivity index (χ1) is 13.3. The summed E-state index contributed by atoms with van der Waals surface area (Å²) in [7, 11) is 0. The Morgan fingerprint density at radius 2 is 1.43 bits per heavy atom. The van der Waals surface area contributed by atoms with Gasteiger partial charge in [-0.2, -0.15) is 0 Å². The van der Waals surface area contributed by atoms with E-state index in [1.165, 1.54) is 5.56 Å². The third-order valence-electron chi connectivity index (χ3n) is 4.97. The molecule has 1 heterocycles. The van der Waals surface area contributed by atoms with Crippen LogP contribution in [0, 0.1) is 5.92 Å². The second kappa shape index (κ2) is 9.40. The molecule has 3 aromatic carbocycles. The maximum atomic E-state index is 12.9. The second-order valence-corrected chi connectivity index (χ2v) is 6.84. The van der Waals surface area contributed by atoms with Crippen LogP contribution in [0.4, 0.5) is 17.1 Å². The molecule has 0 aromatic heterocycles. The van der Waals surface area contributed by atoms with Gasteiger partial charge in [0.15, 0.2) is 0 Å². The number of carbonyl (C=O) groups excluding carboxylic acids is 1. The molecule has 4 nitrogen and oxygen atoms in total. The van der Waals surface area contributed by atoms with Gasteiger partial charge in [-0.1, -0.05) is 54.6 Å². The summed E-state index contributed by atoms with van der Waals surface area (Å²) >= 11 is 0. The van der Waals surface area contributed by atoms with Crippen molar-refractivity contribution >= 4 is 35.4 Å². The van der Waals surface area contributed by atoms with Crippen molar-refractivity contribution in [3.05, 3.63) is 90.5 Å². The van der Waals surface area contributed by atoms with Crippen LogP contribution in [-0.2, 0) is 4.79 Å². The second-order valence-electron chi connectivity index (χ2n) is 6.84. The first-order valence-electron chi connectivity index (χ1n) is 9.28. The Morgan fingerprint density at radius 3 is 2.18 bits per heavy atom. The third-order valence-corrected chi connectivity index (χ3v) is 4.97. The molecule has 28 heavy (non-hydrogen) atoms. The van der Waals surface area contributed by atoms with Crippen molar-refractivity contribution in [3.63, 3.8) is 0 Å². The molecule has 3 aromatic rings. The molecular weight excluding hydrogens is 370 g/mol. The Bertz CT molecular complexity index is 902. The van der Waals surface area contributed by atoms with Crippen molar-refractivity contribution in [2.45, 2.75) is 5.92 Å². The van der Waals surface area contributed by atoms with Crippen LogP contribution in [0.2, 0.25) is 0 Å². The number of carbonyl (C=O) groups is 1. The van der Waals surface area contributed by atoms with E-state index in [2.05, 4.69) is 28.1 Å². The van der Waals surface area contributed by atoms with Crippen molar-refractivity contribution in [1.82, 2.24) is 5.32 Å². The van der Waals surface area contributed by atoms with Crippen LogP contribution in [0.3, 0.4) is 0 Å². The van der Waals surface area contributed by atoms with E-state index >= 15 is 0 Å². The summed E-state index contributed by atoms with van der Waals surface area (Å²) in [6.07, 6.45) is 0. The minimum absolute atomic E-state index is 0. The number of hydrogen-bond acceptors (Lipinski definition) is 3. The summed E-state index contributed by atoms with van der Waals surface area (Å²) in [6.45, 7) is 1.53. The van der Waals surface area contributed by atoms with E-state index in [0.29, 0.717) is 6.54 Å². The van der Waals surface area contributed by atoms with E-state index < -0.39 is 0 Å².